The minimum atomic E-state index is -1.04. The lowest BCUT2D eigenvalue weighted by Crippen LogP contribution is -2.10. The number of ether oxygens (including phenoxy) is 1. The zero-order valence-corrected chi connectivity index (χ0v) is 11.0. The third-order valence-corrected chi connectivity index (χ3v) is 2.66. The van der Waals surface area contributed by atoms with E-state index in [1.54, 1.807) is 0 Å². The van der Waals surface area contributed by atoms with Crippen molar-refractivity contribution in [3.8, 4) is 5.75 Å². The van der Waals surface area contributed by atoms with Gasteiger partial charge in [0.1, 0.15) is 17.6 Å². The van der Waals surface area contributed by atoms with Crippen molar-refractivity contribution in [1.82, 2.24) is 9.97 Å². The number of carboxylic acids is 1. The second-order valence-corrected chi connectivity index (χ2v) is 3.97. The van der Waals surface area contributed by atoms with E-state index in [1.165, 1.54) is 12.5 Å². The van der Waals surface area contributed by atoms with Gasteiger partial charge >= 0.3 is 5.97 Å². The Morgan fingerprint density at radius 1 is 1.40 bits per heavy atom. The molecular formula is C14H15N3O3. The van der Waals surface area contributed by atoms with Crippen molar-refractivity contribution in [2.75, 3.05) is 11.9 Å². The van der Waals surface area contributed by atoms with Gasteiger partial charge in [0.2, 0.25) is 0 Å². The molecule has 0 spiro atoms. The fourth-order valence-electron chi connectivity index (χ4n) is 1.75. The van der Waals surface area contributed by atoms with E-state index in [1.807, 2.05) is 31.2 Å². The molecule has 1 aromatic heterocycles. The number of para-hydroxylation sites is 2. The van der Waals surface area contributed by atoms with E-state index < -0.39 is 5.97 Å². The Morgan fingerprint density at radius 2 is 2.20 bits per heavy atom. The molecule has 0 aliphatic heterocycles. The Kier molecular flexibility index (Phi) is 4.49. The SMILES string of the molecule is CCOc1ccccc1NCc1ncncc1C(=O)O. The Morgan fingerprint density at radius 3 is 2.95 bits per heavy atom. The average Bonchev–Trinajstić information content (AvgIpc) is 2.47. The quantitative estimate of drug-likeness (QED) is 0.839. The van der Waals surface area contributed by atoms with Crippen LogP contribution in [0.5, 0.6) is 5.75 Å². The third-order valence-electron chi connectivity index (χ3n) is 2.66. The number of carbonyl (C=O) groups is 1. The van der Waals surface area contributed by atoms with E-state index in [9.17, 15) is 4.79 Å². The molecule has 0 unspecified atom stereocenters. The van der Waals surface area contributed by atoms with Crippen LogP contribution in [0.1, 0.15) is 23.0 Å². The zero-order valence-electron chi connectivity index (χ0n) is 11.0. The first-order chi connectivity index (χ1) is 9.72. The van der Waals surface area contributed by atoms with Crippen LogP contribution in [0.4, 0.5) is 5.69 Å². The molecule has 2 aromatic rings. The van der Waals surface area contributed by atoms with Crippen molar-refractivity contribution < 1.29 is 14.6 Å². The second-order valence-electron chi connectivity index (χ2n) is 3.97. The van der Waals surface area contributed by atoms with Crippen molar-refractivity contribution in [1.29, 1.82) is 0 Å². The van der Waals surface area contributed by atoms with Gasteiger partial charge in [-0.2, -0.15) is 0 Å². The fraction of sp³-hybridized carbons (Fsp3) is 0.214. The van der Waals surface area contributed by atoms with Gasteiger partial charge in [-0.3, -0.25) is 0 Å². The fourth-order valence-corrected chi connectivity index (χ4v) is 1.75. The Hall–Kier alpha value is -2.63. The van der Waals surface area contributed by atoms with Crippen molar-refractivity contribution >= 4 is 11.7 Å². The summed E-state index contributed by atoms with van der Waals surface area (Å²) < 4.78 is 5.49. The van der Waals surface area contributed by atoms with Crippen LogP contribution in [0.25, 0.3) is 0 Å². The highest BCUT2D eigenvalue weighted by atomic mass is 16.5. The monoisotopic (exact) mass is 273 g/mol. The molecule has 0 fully saturated rings. The lowest BCUT2D eigenvalue weighted by atomic mass is 10.2. The van der Waals surface area contributed by atoms with E-state index in [0.29, 0.717) is 12.3 Å². The maximum Gasteiger partial charge on any atom is 0.339 e. The second kappa shape index (κ2) is 6.51. The van der Waals surface area contributed by atoms with Crippen LogP contribution in [0.15, 0.2) is 36.8 Å². The number of benzene rings is 1. The highest BCUT2D eigenvalue weighted by Gasteiger charge is 2.11. The standard InChI is InChI=1S/C14H15N3O3/c1-2-20-13-6-4-3-5-11(13)16-8-12-10(14(18)19)7-15-9-17-12/h3-7,9,16H,2,8H2,1H3,(H,18,19). The van der Waals surface area contributed by atoms with Gasteiger partial charge in [-0.1, -0.05) is 12.1 Å². The zero-order chi connectivity index (χ0) is 14.4. The van der Waals surface area contributed by atoms with Crippen molar-refractivity contribution in [2.45, 2.75) is 13.5 Å². The van der Waals surface area contributed by atoms with Gasteiger partial charge in [-0.25, -0.2) is 14.8 Å². The molecule has 0 saturated heterocycles. The molecule has 2 rings (SSSR count). The third kappa shape index (κ3) is 3.23. The van der Waals surface area contributed by atoms with Crippen LogP contribution in [0.3, 0.4) is 0 Å². The predicted molar refractivity (Wildman–Crippen MR) is 73.9 cm³/mol. The smallest absolute Gasteiger partial charge is 0.339 e. The van der Waals surface area contributed by atoms with Gasteiger partial charge in [0.05, 0.1) is 24.5 Å². The van der Waals surface area contributed by atoms with Crippen LogP contribution in [0.2, 0.25) is 0 Å². The highest BCUT2D eigenvalue weighted by Crippen LogP contribution is 2.24. The summed E-state index contributed by atoms with van der Waals surface area (Å²) in [7, 11) is 0. The number of rotatable bonds is 6. The number of nitrogens with one attached hydrogen (secondary N) is 1. The lowest BCUT2D eigenvalue weighted by Gasteiger charge is -2.12. The van der Waals surface area contributed by atoms with Crippen LogP contribution in [-0.4, -0.2) is 27.7 Å². The topological polar surface area (TPSA) is 84.3 Å². The maximum atomic E-state index is 11.1. The van der Waals surface area contributed by atoms with Crippen molar-refractivity contribution in [3.05, 3.63) is 48.0 Å². The molecule has 0 atom stereocenters. The molecule has 0 saturated carbocycles. The Bertz CT molecular complexity index is 602. The van der Waals surface area contributed by atoms with Gasteiger partial charge in [-0.05, 0) is 19.1 Å². The normalized spacial score (nSPS) is 10.1. The summed E-state index contributed by atoms with van der Waals surface area (Å²) in [4.78, 5) is 18.8. The molecule has 6 nitrogen and oxygen atoms in total. The Balaban J connectivity index is 2.15. The number of nitrogens with zero attached hydrogens (tertiary/aromatic N) is 2. The molecule has 0 aliphatic carbocycles. The molecule has 20 heavy (non-hydrogen) atoms. The molecule has 1 heterocycles. The van der Waals surface area contributed by atoms with Crippen molar-refractivity contribution in [2.24, 2.45) is 0 Å². The van der Waals surface area contributed by atoms with E-state index in [4.69, 9.17) is 9.84 Å². The summed E-state index contributed by atoms with van der Waals surface area (Å²) in [6.45, 7) is 2.75. The number of hydrogen-bond donors (Lipinski definition) is 2. The number of aromatic carboxylic acids is 1. The molecular weight excluding hydrogens is 258 g/mol. The summed E-state index contributed by atoms with van der Waals surface area (Å²) in [5.74, 6) is -0.318. The summed E-state index contributed by atoms with van der Waals surface area (Å²) >= 11 is 0. The van der Waals surface area contributed by atoms with Gasteiger partial charge in [0.15, 0.2) is 0 Å². The van der Waals surface area contributed by atoms with Crippen LogP contribution in [0, 0.1) is 0 Å². The molecule has 1 aromatic carbocycles. The van der Waals surface area contributed by atoms with E-state index in [2.05, 4.69) is 15.3 Å². The first-order valence-electron chi connectivity index (χ1n) is 6.20. The lowest BCUT2D eigenvalue weighted by molar-refractivity contribution is 0.0694. The maximum absolute atomic E-state index is 11.1. The first-order valence-corrected chi connectivity index (χ1v) is 6.20. The molecule has 0 aliphatic rings. The molecule has 6 heteroatoms. The number of anilines is 1. The summed E-state index contributed by atoms with van der Waals surface area (Å²) in [5, 5.41) is 12.2. The van der Waals surface area contributed by atoms with Gasteiger partial charge in [-0.15, -0.1) is 0 Å². The first kappa shape index (κ1) is 13.8. The minimum absolute atomic E-state index is 0.0916. The molecule has 0 bridgehead atoms. The van der Waals surface area contributed by atoms with Crippen molar-refractivity contribution in [3.63, 3.8) is 0 Å². The highest BCUT2D eigenvalue weighted by molar-refractivity contribution is 5.88. The molecule has 0 amide bonds. The number of carboxylic acid groups (broad SMARTS) is 1. The summed E-state index contributed by atoms with van der Waals surface area (Å²) in [5.41, 5.74) is 1.32. The van der Waals surface area contributed by atoms with E-state index in [-0.39, 0.29) is 12.1 Å². The summed E-state index contributed by atoms with van der Waals surface area (Å²) in [6.07, 6.45) is 2.62. The number of aromatic nitrogens is 2. The predicted octanol–water partition coefficient (Wildman–Crippen LogP) is 2.19. The average molecular weight is 273 g/mol. The number of hydrogen-bond acceptors (Lipinski definition) is 5. The van der Waals surface area contributed by atoms with Gasteiger partial charge < -0.3 is 15.2 Å². The van der Waals surface area contributed by atoms with Crippen LogP contribution >= 0.6 is 0 Å². The van der Waals surface area contributed by atoms with Crippen LogP contribution < -0.4 is 10.1 Å². The van der Waals surface area contributed by atoms with Gasteiger partial charge in [0.25, 0.3) is 0 Å². The van der Waals surface area contributed by atoms with Crippen LogP contribution in [-0.2, 0) is 6.54 Å². The Labute approximate surface area is 116 Å². The molecule has 2 N–H and O–H groups in total. The molecule has 0 radical (unpaired) electrons. The largest absolute Gasteiger partial charge is 0.492 e. The summed E-state index contributed by atoms with van der Waals surface area (Å²) in [6, 6.07) is 7.48. The van der Waals surface area contributed by atoms with E-state index in [0.717, 1.165) is 11.4 Å². The van der Waals surface area contributed by atoms with E-state index >= 15 is 0 Å². The molecule has 104 valence electrons. The minimum Gasteiger partial charge on any atom is -0.492 e. The van der Waals surface area contributed by atoms with Gasteiger partial charge in [0, 0.05) is 6.20 Å².